The van der Waals surface area contributed by atoms with Gasteiger partial charge in [0.15, 0.2) is 0 Å². The monoisotopic (exact) mass is 561 g/mol. The molecule has 42 heavy (non-hydrogen) atoms. The summed E-state index contributed by atoms with van der Waals surface area (Å²) in [6.45, 7) is 1.62. The van der Waals surface area contributed by atoms with Crippen molar-refractivity contribution in [3.05, 3.63) is 122 Å². The highest BCUT2D eigenvalue weighted by Gasteiger charge is 2.23. The van der Waals surface area contributed by atoms with Gasteiger partial charge < -0.3 is 4.90 Å². The number of hydrogen-bond donors (Lipinski definition) is 1. The lowest BCUT2D eigenvalue weighted by Crippen LogP contribution is -2.31. The Kier molecular flexibility index (Phi) is 8.44. The summed E-state index contributed by atoms with van der Waals surface area (Å²) in [5, 5.41) is 37.8. The van der Waals surface area contributed by atoms with Crippen LogP contribution >= 0.6 is 0 Å². The molecule has 0 amide bonds. The molecule has 3 aromatic carbocycles. The fourth-order valence-electron chi connectivity index (χ4n) is 4.96. The van der Waals surface area contributed by atoms with Crippen LogP contribution < -0.4 is 10.3 Å². The van der Waals surface area contributed by atoms with E-state index in [1.165, 1.54) is 12.1 Å². The molecule has 0 spiro atoms. The zero-order chi connectivity index (χ0) is 29.5. The van der Waals surface area contributed by atoms with Crippen LogP contribution in [-0.2, 0) is 6.42 Å². The Morgan fingerprint density at radius 1 is 0.929 bits per heavy atom. The molecule has 2 heterocycles. The maximum absolute atomic E-state index is 11.7. The normalized spacial score (nSPS) is 13.3. The number of nitro benzene ring substituents is 2. The van der Waals surface area contributed by atoms with Crippen molar-refractivity contribution in [1.82, 2.24) is 4.98 Å². The SMILES string of the molecule is N#Cc1c(C/C(=N\Nc2ccc([N+](=O)[O-])cc2[N+](=O)[O-])c2ccccc2)cc(-c2ccccc2)nc1N1CCCCC1. The van der Waals surface area contributed by atoms with E-state index < -0.39 is 21.2 Å². The summed E-state index contributed by atoms with van der Waals surface area (Å²) in [4.78, 5) is 28.6. The lowest BCUT2D eigenvalue weighted by Gasteiger charge is -2.29. The van der Waals surface area contributed by atoms with Gasteiger partial charge in [-0.25, -0.2) is 4.98 Å². The number of rotatable bonds is 9. The fraction of sp³-hybridized carbons (Fsp3) is 0.194. The molecule has 11 nitrogen and oxygen atoms in total. The standard InChI is InChI=1S/C31H27N7O4/c32-21-26-24(18-28(22-10-4-1-5-11-22)33-31(26)36-16-8-3-9-17-36)19-29(23-12-6-2-7-13-23)35-34-27-15-14-25(37(39)40)20-30(27)38(41)42/h1-2,4-7,10-15,18,20,34H,3,8-9,16-17,19H2/b35-29+. The van der Waals surface area contributed by atoms with E-state index in [4.69, 9.17) is 4.98 Å². The molecule has 5 rings (SSSR count). The highest BCUT2D eigenvalue weighted by molar-refractivity contribution is 6.03. The van der Waals surface area contributed by atoms with Gasteiger partial charge in [-0.1, -0.05) is 60.7 Å². The van der Waals surface area contributed by atoms with E-state index in [9.17, 15) is 25.5 Å². The zero-order valence-electron chi connectivity index (χ0n) is 22.6. The Morgan fingerprint density at radius 3 is 2.26 bits per heavy atom. The number of anilines is 2. The molecule has 0 unspecified atom stereocenters. The molecule has 1 fully saturated rings. The number of hydrazone groups is 1. The molecule has 1 aromatic heterocycles. The van der Waals surface area contributed by atoms with Crippen LogP contribution in [0.4, 0.5) is 22.9 Å². The Bertz CT molecular complexity index is 1680. The average molecular weight is 562 g/mol. The molecule has 0 radical (unpaired) electrons. The zero-order valence-corrected chi connectivity index (χ0v) is 22.6. The summed E-state index contributed by atoms with van der Waals surface area (Å²) in [6, 6.07) is 26.7. The van der Waals surface area contributed by atoms with Crippen molar-refractivity contribution in [1.29, 1.82) is 5.26 Å². The average Bonchev–Trinajstić information content (AvgIpc) is 3.03. The summed E-state index contributed by atoms with van der Waals surface area (Å²) < 4.78 is 0. The van der Waals surface area contributed by atoms with E-state index >= 15 is 0 Å². The van der Waals surface area contributed by atoms with Gasteiger partial charge in [-0.2, -0.15) is 10.4 Å². The highest BCUT2D eigenvalue weighted by atomic mass is 16.6. The predicted molar refractivity (Wildman–Crippen MR) is 161 cm³/mol. The second-order valence-electron chi connectivity index (χ2n) is 9.82. The summed E-state index contributed by atoms with van der Waals surface area (Å²) in [5.41, 5.74) is 5.99. The van der Waals surface area contributed by atoms with Crippen LogP contribution in [0.1, 0.15) is 36.0 Å². The summed E-state index contributed by atoms with van der Waals surface area (Å²) >= 11 is 0. The van der Waals surface area contributed by atoms with Crippen LogP contribution in [0.5, 0.6) is 0 Å². The first-order chi connectivity index (χ1) is 20.4. The van der Waals surface area contributed by atoms with Gasteiger partial charge in [-0.3, -0.25) is 25.7 Å². The molecule has 0 atom stereocenters. The fourth-order valence-corrected chi connectivity index (χ4v) is 4.96. The topological polar surface area (TPSA) is 151 Å². The number of benzene rings is 3. The Balaban J connectivity index is 1.61. The van der Waals surface area contributed by atoms with Crippen molar-refractivity contribution in [3.63, 3.8) is 0 Å². The summed E-state index contributed by atoms with van der Waals surface area (Å²) in [6.07, 6.45) is 3.40. The van der Waals surface area contributed by atoms with Crippen molar-refractivity contribution in [3.8, 4) is 17.3 Å². The first-order valence-corrected chi connectivity index (χ1v) is 13.5. The van der Waals surface area contributed by atoms with Gasteiger partial charge in [0.05, 0.1) is 32.9 Å². The number of nitriles is 1. The van der Waals surface area contributed by atoms with Crippen molar-refractivity contribution < 1.29 is 9.85 Å². The van der Waals surface area contributed by atoms with Crippen LogP contribution in [0.15, 0.2) is 90.0 Å². The van der Waals surface area contributed by atoms with Crippen LogP contribution in [0.2, 0.25) is 0 Å². The maximum Gasteiger partial charge on any atom is 0.301 e. The second-order valence-corrected chi connectivity index (χ2v) is 9.82. The third-order valence-corrected chi connectivity index (χ3v) is 7.08. The summed E-state index contributed by atoms with van der Waals surface area (Å²) in [7, 11) is 0. The molecule has 1 aliphatic rings. The molecule has 0 saturated carbocycles. The number of nitrogens with zero attached hydrogens (tertiary/aromatic N) is 6. The molecule has 11 heteroatoms. The van der Waals surface area contributed by atoms with E-state index in [1.54, 1.807) is 0 Å². The number of nitrogens with one attached hydrogen (secondary N) is 1. The van der Waals surface area contributed by atoms with Crippen LogP contribution in [0, 0.1) is 31.6 Å². The van der Waals surface area contributed by atoms with Crippen LogP contribution in [-0.4, -0.2) is 33.6 Å². The lowest BCUT2D eigenvalue weighted by atomic mass is 9.96. The molecular weight excluding hydrogens is 534 g/mol. The van der Waals surface area contributed by atoms with Gasteiger partial charge in [-0.15, -0.1) is 0 Å². The number of hydrogen-bond acceptors (Lipinski definition) is 9. The van der Waals surface area contributed by atoms with E-state index in [2.05, 4.69) is 21.5 Å². The highest BCUT2D eigenvalue weighted by Crippen LogP contribution is 2.32. The van der Waals surface area contributed by atoms with E-state index in [0.717, 1.165) is 60.8 Å². The Morgan fingerprint density at radius 2 is 1.62 bits per heavy atom. The number of pyridine rings is 1. The molecular formula is C31H27N7O4. The van der Waals surface area contributed by atoms with Crippen molar-refractivity contribution >= 4 is 28.6 Å². The minimum Gasteiger partial charge on any atom is -0.355 e. The number of non-ortho nitro benzene ring substituents is 1. The van der Waals surface area contributed by atoms with Gasteiger partial charge in [0.1, 0.15) is 17.6 Å². The Labute approximate surface area is 242 Å². The van der Waals surface area contributed by atoms with Crippen molar-refractivity contribution in [2.24, 2.45) is 5.10 Å². The van der Waals surface area contributed by atoms with Gasteiger partial charge in [0, 0.05) is 31.1 Å². The van der Waals surface area contributed by atoms with Gasteiger partial charge in [0.25, 0.3) is 5.69 Å². The first kappa shape index (κ1) is 27.9. The van der Waals surface area contributed by atoms with E-state index in [1.807, 2.05) is 66.7 Å². The minimum absolute atomic E-state index is 0.00764. The quantitative estimate of drug-likeness (QED) is 0.138. The van der Waals surface area contributed by atoms with Crippen molar-refractivity contribution in [2.45, 2.75) is 25.7 Å². The lowest BCUT2D eigenvalue weighted by molar-refractivity contribution is -0.393. The maximum atomic E-state index is 11.7. The molecule has 1 aliphatic heterocycles. The number of aromatic nitrogens is 1. The van der Waals surface area contributed by atoms with Gasteiger partial charge in [-0.05, 0) is 42.5 Å². The number of piperidine rings is 1. The minimum atomic E-state index is -0.694. The summed E-state index contributed by atoms with van der Waals surface area (Å²) in [5.74, 6) is 0.639. The molecule has 210 valence electrons. The third kappa shape index (κ3) is 6.23. The van der Waals surface area contributed by atoms with Crippen LogP contribution in [0.25, 0.3) is 11.3 Å². The molecule has 1 N–H and O–H groups in total. The smallest absolute Gasteiger partial charge is 0.301 e. The van der Waals surface area contributed by atoms with E-state index in [-0.39, 0.29) is 12.1 Å². The van der Waals surface area contributed by atoms with E-state index in [0.29, 0.717) is 17.1 Å². The molecule has 1 saturated heterocycles. The predicted octanol–water partition coefficient (Wildman–Crippen LogP) is 6.49. The van der Waals surface area contributed by atoms with Gasteiger partial charge >= 0.3 is 5.69 Å². The molecule has 0 bridgehead atoms. The van der Waals surface area contributed by atoms with Crippen LogP contribution in [0.3, 0.4) is 0 Å². The molecule has 0 aliphatic carbocycles. The third-order valence-electron chi connectivity index (χ3n) is 7.08. The largest absolute Gasteiger partial charge is 0.355 e. The van der Waals surface area contributed by atoms with Gasteiger partial charge in [0.2, 0.25) is 0 Å². The second kappa shape index (κ2) is 12.7. The van der Waals surface area contributed by atoms with Crippen molar-refractivity contribution in [2.75, 3.05) is 23.4 Å². The Hall–Kier alpha value is -5.63. The first-order valence-electron chi connectivity index (χ1n) is 13.5. The number of nitro groups is 2. The molecule has 4 aromatic rings.